The Morgan fingerprint density at radius 3 is 2.89 bits per heavy atom. The van der Waals surface area contributed by atoms with Crippen LogP contribution in [-0.4, -0.2) is 27.0 Å². The fourth-order valence-corrected chi connectivity index (χ4v) is 2.06. The number of thioether (sulfide) groups is 1. The topological polar surface area (TPSA) is 89.4 Å². The minimum absolute atomic E-state index is 0.123. The standard InChI is InChI=1S/C12H8N2O4S/c15-10(16)6-19-12-14-13-11(18-12)9-5-7-3-1-2-4-8(7)17-9/h1-5H,6H2,(H,15,16). The summed E-state index contributed by atoms with van der Waals surface area (Å²) in [5, 5.41) is 17.3. The largest absolute Gasteiger partial charge is 0.481 e. The van der Waals surface area contributed by atoms with Gasteiger partial charge < -0.3 is 13.9 Å². The predicted octanol–water partition coefficient (Wildman–Crippen LogP) is 2.66. The van der Waals surface area contributed by atoms with Gasteiger partial charge in [-0.25, -0.2) is 0 Å². The molecule has 96 valence electrons. The molecule has 0 spiro atoms. The number of carboxylic acids is 1. The van der Waals surface area contributed by atoms with E-state index in [1.807, 2.05) is 24.3 Å². The molecular formula is C12H8N2O4S. The molecule has 6 nitrogen and oxygen atoms in total. The van der Waals surface area contributed by atoms with Gasteiger partial charge in [-0.3, -0.25) is 4.79 Å². The van der Waals surface area contributed by atoms with Crippen molar-refractivity contribution in [3.05, 3.63) is 30.3 Å². The molecule has 0 amide bonds. The number of aromatic nitrogens is 2. The number of benzene rings is 1. The second kappa shape index (κ2) is 4.77. The average Bonchev–Trinajstić information content (AvgIpc) is 3.02. The zero-order valence-electron chi connectivity index (χ0n) is 9.57. The summed E-state index contributed by atoms with van der Waals surface area (Å²) in [6.45, 7) is 0. The fourth-order valence-electron chi connectivity index (χ4n) is 1.58. The van der Waals surface area contributed by atoms with Crippen LogP contribution in [0.25, 0.3) is 22.6 Å². The Morgan fingerprint density at radius 2 is 2.11 bits per heavy atom. The van der Waals surface area contributed by atoms with Crippen molar-refractivity contribution in [2.24, 2.45) is 0 Å². The number of aliphatic carboxylic acids is 1. The molecule has 0 unspecified atom stereocenters. The van der Waals surface area contributed by atoms with E-state index in [-0.39, 0.29) is 16.9 Å². The van der Waals surface area contributed by atoms with Gasteiger partial charge in [0, 0.05) is 5.39 Å². The van der Waals surface area contributed by atoms with Gasteiger partial charge in [0.25, 0.3) is 11.1 Å². The summed E-state index contributed by atoms with van der Waals surface area (Å²) in [6, 6.07) is 9.34. The van der Waals surface area contributed by atoms with Crippen molar-refractivity contribution in [1.29, 1.82) is 0 Å². The monoisotopic (exact) mass is 276 g/mol. The van der Waals surface area contributed by atoms with E-state index >= 15 is 0 Å². The molecule has 2 aromatic heterocycles. The minimum atomic E-state index is -0.937. The van der Waals surface area contributed by atoms with Gasteiger partial charge in [0.2, 0.25) is 0 Å². The third kappa shape index (κ3) is 2.45. The van der Waals surface area contributed by atoms with Gasteiger partial charge in [-0.05, 0) is 12.1 Å². The molecule has 0 aliphatic carbocycles. The third-order valence-corrected chi connectivity index (χ3v) is 3.17. The van der Waals surface area contributed by atoms with Crippen molar-refractivity contribution >= 4 is 28.7 Å². The van der Waals surface area contributed by atoms with Crippen molar-refractivity contribution in [3.63, 3.8) is 0 Å². The molecule has 2 heterocycles. The van der Waals surface area contributed by atoms with E-state index in [9.17, 15) is 4.79 Å². The lowest BCUT2D eigenvalue weighted by Gasteiger charge is -1.88. The van der Waals surface area contributed by atoms with Crippen LogP contribution in [0.1, 0.15) is 0 Å². The first-order valence-electron chi connectivity index (χ1n) is 5.39. The zero-order chi connectivity index (χ0) is 13.2. The van der Waals surface area contributed by atoms with Crippen LogP contribution in [0.5, 0.6) is 0 Å². The molecule has 0 saturated heterocycles. The lowest BCUT2D eigenvalue weighted by atomic mass is 10.2. The molecule has 0 saturated carbocycles. The highest BCUT2D eigenvalue weighted by Crippen LogP contribution is 2.28. The van der Waals surface area contributed by atoms with Crippen LogP contribution in [0.3, 0.4) is 0 Å². The summed E-state index contributed by atoms with van der Waals surface area (Å²) in [4.78, 5) is 10.4. The van der Waals surface area contributed by atoms with Crippen LogP contribution >= 0.6 is 11.8 Å². The second-order valence-corrected chi connectivity index (χ2v) is 4.63. The maximum absolute atomic E-state index is 10.4. The summed E-state index contributed by atoms with van der Waals surface area (Å²) < 4.78 is 10.9. The molecule has 1 aromatic carbocycles. The molecule has 0 bridgehead atoms. The maximum Gasteiger partial charge on any atom is 0.314 e. The van der Waals surface area contributed by atoms with Gasteiger partial charge in [0.15, 0.2) is 5.76 Å². The second-order valence-electron chi connectivity index (χ2n) is 3.70. The molecule has 0 radical (unpaired) electrons. The SMILES string of the molecule is O=C(O)CSc1nnc(-c2cc3ccccc3o2)o1. The van der Waals surface area contributed by atoms with Crippen molar-refractivity contribution in [2.75, 3.05) is 5.75 Å². The number of nitrogens with zero attached hydrogens (tertiary/aromatic N) is 2. The number of hydrogen-bond donors (Lipinski definition) is 1. The van der Waals surface area contributed by atoms with Crippen LogP contribution in [-0.2, 0) is 4.79 Å². The van der Waals surface area contributed by atoms with Gasteiger partial charge in [0.05, 0.1) is 0 Å². The van der Waals surface area contributed by atoms with E-state index < -0.39 is 5.97 Å². The summed E-state index contributed by atoms with van der Waals surface area (Å²) in [5.41, 5.74) is 0.732. The molecule has 3 rings (SSSR count). The van der Waals surface area contributed by atoms with Gasteiger partial charge >= 0.3 is 5.97 Å². The van der Waals surface area contributed by atoms with E-state index in [1.54, 1.807) is 6.07 Å². The van der Waals surface area contributed by atoms with Crippen LogP contribution in [0.4, 0.5) is 0 Å². The average molecular weight is 276 g/mol. The highest BCUT2D eigenvalue weighted by molar-refractivity contribution is 7.99. The van der Waals surface area contributed by atoms with Crippen LogP contribution in [0, 0.1) is 0 Å². The van der Waals surface area contributed by atoms with E-state index in [2.05, 4.69) is 10.2 Å². The number of rotatable bonds is 4. The maximum atomic E-state index is 10.4. The molecule has 7 heteroatoms. The number of carboxylic acid groups (broad SMARTS) is 1. The van der Waals surface area contributed by atoms with Gasteiger partial charge in [-0.15, -0.1) is 10.2 Å². The summed E-state index contributed by atoms with van der Waals surface area (Å²) in [5.74, 6) is -0.352. The predicted molar refractivity (Wildman–Crippen MR) is 67.9 cm³/mol. The summed E-state index contributed by atoms with van der Waals surface area (Å²) >= 11 is 0.969. The Hall–Kier alpha value is -2.28. The first-order chi connectivity index (χ1) is 9.22. The van der Waals surface area contributed by atoms with Crippen molar-refractivity contribution in [3.8, 4) is 11.7 Å². The van der Waals surface area contributed by atoms with Crippen molar-refractivity contribution < 1.29 is 18.7 Å². The number of carbonyl (C=O) groups is 1. The summed E-state index contributed by atoms with van der Waals surface area (Å²) in [6.07, 6.45) is 0. The first-order valence-corrected chi connectivity index (χ1v) is 6.38. The summed E-state index contributed by atoms with van der Waals surface area (Å²) in [7, 11) is 0. The minimum Gasteiger partial charge on any atom is -0.481 e. The van der Waals surface area contributed by atoms with E-state index in [0.29, 0.717) is 5.76 Å². The van der Waals surface area contributed by atoms with Gasteiger partial charge in [-0.1, -0.05) is 30.0 Å². The Bertz CT molecular complexity index is 701. The Balaban J connectivity index is 1.87. The molecule has 0 aliphatic heterocycles. The fraction of sp³-hybridized carbons (Fsp3) is 0.0833. The van der Waals surface area contributed by atoms with Crippen LogP contribution in [0.2, 0.25) is 0 Å². The number of furan rings is 1. The quantitative estimate of drug-likeness (QED) is 0.732. The highest BCUT2D eigenvalue weighted by atomic mass is 32.2. The normalized spacial score (nSPS) is 10.9. The smallest absolute Gasteiger partial charge is 0.314 e. The van der Waals surface area contributed by atoms with E-state index in [4.69, 9.17) is 13.9 Å². The van der Waals surface area contributed by atoms with Gasteiger partial charge in [-0.2, -0.15) is 0 Å². The molecule has 0 aliphatic rings. The lowest BCUT2D eigenvalue weighted by Crippen LogP contribution is -1.97. The van der Waals surface area contributed by atoms with Crippen LogP contribution < -0.4 is 0 Å². The molecule has 0 fully saturated rings. The van der Waals surface area contributed by atoms with E-state index in [1.165, 1.54) is 0 Å². The van der Waals surface area contributed by atoms with Crippen LogP contribution in [0.15, 0.2) is 44.4 Å². The number of fused-ring (bicyclic) bond motifs is 1. The molecule has 0 atom stereocenters. The zero-order valence-corrected chi connectivity index (χ0v) is 10.4. The molecule has 19 heavy (non-hydrogen) atoms. The molecule has 3 aromatic rings. The Labute approximate surface area is 111 Å². The lowest BCUT2D eigenvalue weighted by molar-refractivity contribution is -0.133. The van der Waals surface area contributed by atoms with Crippen molar-refractivity contribution in [2.45, 2.75) is 5.22 Å². The molecule has 1 N–H and O–H groups in total. The van der Waals surface area contributed by atoms with Crippen molar-refractivity contribution in [1.82, 2.24) is 10.2 Å². The number of para-hydroxylation sites is 1. The Morgan fingerprint density at radius 1 is 1.26 bits per heavy atom. The Kier molecular flexibility index (Phi) is 2.96. The first kappa shape index (κ1) is 11.8. The van der Waals surface area contributed by atoms with E-state index in [0.717, 1.165) is 22.7 Å². The highest BCUT2D eigenvalue weighted by Gasteiger charge is 2.14. The third-order valence-electron chi connectivity index (χ3n) is 2.36. The van der Waals surface area contributed by atoms with Gasteiger partial charge in [0.1, 0.15) is 11.3 Å². The molecular weight excluding hydrogens is 268 g/mol. The number of hydrogen-bond acceptors (Lipinski definition) is 6.